The van der Waals surface area contributed by atoms with Crippen LogP contribution in [0.1, 0.15) is 48.9 Å². The Kier molecular flexibility index (Phi) is 3.60. The molecule has 1 saturated heterocycles. The zero-order valence-electron chi connectivity index (χ0n) is 12.2. The number of imide groups is 1. The molecule has 1 spiro atoms. The van der Waals surface area contributed by atoms with Crippen molar-refractivity contribution < 1.29 is 19.5 Å². The van der Waals surface area contributed by atoms with Crippen LogP contribution in [0.25, 0.3) is 0 Å². The van der Waals surface area contributed by atoms with Crippen molar-refractivity contribution >= 4 is 23.5 Å². The van der Waals surface area contributed by atoms with Gasteiger partial charge < -0.3 is 5.11 Å². The maximum absolute atomic E-state index is 12.6. The Morgan fingerprint density at radius 2 is 1.73 bits per heavy atom. The smallest absolute Gasteiger partial charge is 0.335 e. The van der Waals surface area contributed by atoms with Gasteiger partial charge in [0, 0.05) is 6.42 Å². The first-order valence-corrected chi connectivity index (χ1v) is 7.49. The van der Waals surface area contributed by atoms with E-state index in [2.05, 4.69) is 5.43 Å². The number of hydrogen-bond donors (Lipinski definition) is 2. The molecular weight excluding hydrogens is 284 g/mol. The lowest BCUT2D eigenvalue weighted by molar-refractivity contribution is -0.140. The Labute approximate surface area is 128 Å². The summed E-state index contributed by atoms with van der Waals surface area (Å²) in [5, 5.41) is 9.97. The van der Waals surface area contributed by atoms with Gasteiger partial charge in [-0.05, 0) is 37.1 Å². The lowest BCUT2D eigenvalue weighted by atomic mass is 9.73. The van der Waals surface area contributed by atoms with Crippen molar-refractivity contribution in [3.8, 4) is 0 Å². The van der Waals surface area contributed by atoms with Crippen molar-refractivity contribution in [1.29, 1.82) is 0 Å². The van der Waals surface area contributed by atoms with E-state index in [1.165, 1.54) is 12.1 Å². The van der Waals surface area contributed by atoms with Crippen molar-refractivity contribution in [3.63, 3.8) is 0 Å². The molecule has 0 bridgehead atoms. The fourth-order valence-corrected chi connectivity index (χ4v) is 3.34. The summed E-state index contributed by atoms with van der Waals surface area (Å²) in [6.07, 6.45) is 4.90. The standard InChI is InChI=1S/C16H18N2O4/c19-13-10-16(8-2-1-3-9-16)15(22)18(13)17-12-6-4-11(5-7-12)14(20)21/h4-7,17H,1-3,8-10H2,(H,20,21). The lowest BCUT2D eigenvalue weighted by Crippen LogP contribution is -2.40. The molecule has 0 aromatic heterocycles. The number of carbonyl (C=O) groups excluding carboxylic acids is 2. The summed E-state index contributed by atoms with van der Waals surface area (Å²) >= 11 is 0. The minimum absolute atomic E-state index is 0.153. The highest BCUT2D eigenvalue weighted by Crippen LogP contribution is 2.45. The molecule has 1 aliphatic carbocycles. The fraction of sp³-hybridized carbons (Fsp3) is 0.438. The van der Waals surface area contributed by atoms with Gasteiger partial charge in [0.15, 0.2) is 0 Å². The highest BCUT2D eigenvalue weighted by atomic mass is 16.4. The summed E-state index contributed by atoms with van der Waals surface area (Å²) in [7, 11) is 0. The number of carbonyl (C=O) groups is 3. The van der Waals surface area contributed by atoms with Crippen LogP contribution in [-0.4, -0.2) is 27.9 Å². The van der Waals surface area contributed by atoms with Gasteiger partial charge in [-0.3, -0.25) is 15.0 Å². The molecule has 2 fully saturated rings. The van der Waals surface area contributed by atoms with Crippen LogP contribution in [0.15, 0.2) is 24.3 Å². The van der Waals surface area contributed by atoms with Crippen LogP contribution < -0.4 is 5.43 Å². The molecule has 1 heterocycles. The molecule has 1 aromatic rings. The SMILES string of the molecule is O=C(O)c1ccc(NN2C(=O)CC3(CCCCC3)C2=O)cc1. The number of hydrogen-bond acceptors (Lipinski definition) is 4. The van der Waals surface area contributed by atoms with E-state index in [1.54, 1.807) is 12.1 Å². The minimum Gasteiger partial charge on any atom is -0.478 e. The Morgan fingerprint density at radius 1 is 1.09 bits per heavy atom. The van der Waals surface area contributed by atoms with Crippen LogP contribution >= 0.6 is 0 Å². The molecule has 22 heavy (non-hydrogen) atoms. The normalized spacial score (nSPS) is 20.5. The number of nitrogens with zero attached hydrogens (tertiary/aromatic N) is 1. The van der Waals surface area contributed by atoms with Gasteiger partial charge in [-0.1, -0.05) is 19.3 Å². The third-order valence-corrected chi connectivity index (χ3v) is 4.58. The van der Waals surface area contributed by atoms with E-state index >= 15 is 0 Å². The van der Waals surface area contributed by atoms with E-state index < -0.39 is 11.4 Å². The van der Waals surface area contributed by atoms with Gasteiger partial charge in [-0.2, -0.15) is 5.01 Å². The highest BCUT2D eigenvalue weighted by Gasteiger charge is 2.51. The number of carboxylic acid groups (broad SMARTS) is 1. The highest BCUT2D eigenvalue weighted by molar-refractivity contribution is 6.06. The Hall–Kier alpha value is -2.37. The molecule has 0 radical (unpaired) electrons. The molecule has 0 atom stereocenters. The predicted molar refractivity (Wildman–Crippen MR) is 79.0 cm³/mol. The van der Waals surface area contributed by atoms with E-state index in [4.69, 9.17) is 5.11 Å². The van der Waals surface area contributed by atoms with Crippen LogP contribution in [0, 0.1) is 5.41 Å². The average molecular weight is 302 g/mol. The Balaban J connectivity index is 1.76. The molecule has 116 valence electrons. The molecule has 1 saturated carbocycles. The van der Waals surface area contributed by atoms with Gasteiger partial charge in [0.05, 0.1) is 16.7 Å². The van der Waals surface area contributed by atoms with Crippen LogP contribution in [0.2, 0.25) is 0 Å². The number of aromatic carboxylic acids is 1. The average Bonchev–Trinajstić information content (AvgIpc) is 2.73. The van der Waals surface area contributed by atoms with Crippen LogP contribution in [-0.2, 0) is 9.59 Å². The fourth-order valence-electron chi connectivity index (χ4n) is 3.34. The van der Waals surface area contributed by atoms with Crippen LogP contribution in [0.5, 0.6) is 0 Å². The van der Waals surface area contributed by atoms with Crippen molar-refractivity contribution in [2.75, 3.05) is 5.43 Å². The number of carboxylic acids is 1. The van der Waals surface area contributed by atoms with Crippen molar-refractivity contribution in [3.05, 3.63) is 29.8 Å². The maximum atomic E-state index is 12.6. The number of rotatable bonds is 3. The second-order valence-electron chi connectivity index (χ2n) is 6.05. The topological polar surface area (TPSA) is 86.7 Å². The number of amides is 2. The molecule has 2 amide bonds. The van der Waals surface area contributed by atoms with E-state index in [1.807, 2.05) is 0 Å². The first-order chi connectivity index (χ1) is 10.5. The Morgan fingerprint density at radius 3 is 2.32 bits per heavy atom. The summed E-state index contributed by atoms with van der Waals surface area (Å²) in [4.78, 5) is 35.6. The predicted octanol–water partition coefficient (Wildman–Crippen LogP) is 2.42. The second-order valence-corrected chi connectivity index (χ2v) is 6.05. The number of benzene rings is 1. The van der Waals surface area contributed by atoms with E-state index in [0.29, 0.717) is 5.69 Å². The molecule has 2 N–H and O–H groups in total. The van der Waals surface area contributed by atoms with Gasteiger partial charge >= 0.3 is 5.97 Å². The summed E-state index contributed by atoms with van der Waals surface area (Å²) in [5.74, 6) is -1.38. The monoisotopic (exact) mass is 302 g/mol. The molecule has 3 rings (SSSR count). The molecular formula is C16H18N2O4. The van der Waals surface area contributed by atoms with Gasteiger partial charge in [0.1, 0.15) is 0 Å². The van der Waals surface area contributed by atoms with Gasteiger partial charge in [-0.15, -0.1) is 0 Å². The third kappa shape index (κ3) is 2.45. The first-order valence-electron chi connectivity index (χ1n) is 7.49. The molecule has 1 aliphatic heterocycles. The van der Waals surface area contributed by atoms with E-state index in [9.17, 15) is 14.4 Å². The lowest BCUT2D eigenvalue weighted by Gasteiger charge is -2.30. The summed E-state index contributed by atoms with van der Waals surface area (Å²) in [6.45, 7) is 0. The van der Waals surface area contributed by atoms with Gasteiger partial charge in [-0.25, -0.2) is 4.79 Å². The number of nitrogens with one attached hydrogen (secondary N) is 1. The quantitative estimate of drug-likeness (QED) is 0.837. The van der Waals surface area contributed by atoms with Gasteiger partial charge in [0.25, 0.3) is 5.91 Å². The zero-order valence-corrected chi connectivity index (χ0v) is 12.2. The summed E-state index contributed by atoms with van der Waals surface area (Å²) < 4.78 is 0. The number of hydrazine groups is 1. The van der Waals surface area contributed by atoms with Crippen molar-refractivity contribution in [2.45, 2.75) is 38.5 Å². The second kappa shape index (κ2) is 5.44. The minimum atomic E-state index is -1.01. The first kappa shape index (κ1) is 14.6. The Bertz CT molecular complexity index is 618. The van der Waals surface area contributed by atoms with E-state index in [-0.39, 0.29) is 23.8 Å². The van der Waals surface area contributed by atoms with Gasteiger partial charge in [0.2, 0.25) is 5.91 Å². The zero-order chi connectivity index (χ0) is 15.7. The molecule has 2 aliphatic rings. The summed E-state index contributed by atoms with van der Waals surface area (Å²) in [5.41, 5.74) is 2.98. The van der Waals surface area contributed by atoms with E-state index in [0.717, 1.165) is 37.1 Å². The number of anilines is 1. The molecule has 6 nitrogen and oxygen atoms in total. The molecule has 1 aromatic carbocycles. The molecule has 0 unspecified atom stereocenters. The maximum Gasteiger partial charge on any atom is 0.335 e. The van der Waals surface area contributed by atoms with Crippen molar-refractivity contribution in [2.24, 2.45) is 5.41 Å². The largest absolute Gasteiger partial charge is 0.478 e. The van der Waals surface area contributed by atoms with Crippen LogP contribution in [0.3, 0.4) is 0 Å². The third-order valence-electron chi connectivity index (χ3n) is 4.58. The van der Waals surface area contributed by atoms with Crippen LogP contribution in [0.4, 0.5) is 5.69 Å². The molecule has 6 heteroatoms. The van der Waals surface area contributed by atoms with Crippen molar-refractivity contribution in [1.82, 2.24) is 5.01 Å². The summed E-state index contributed by atoms with van der Waals surface area (Å²) in [6, 6.07) is 5.98.